The van der Waals surface area contributed by atoms with E-state index in [0.29, 0.717) is 24.6 Å². The SMILES string of the molecule is Cl.O=C1c2c(cccc2C(F)(F)F)[C@H]2[C@@H](C3CC3)NCCN12. The molecule has 1 aromatic rings. The van der Waals surface area contributed by atoms with Crippen molar-refractivity contribution in [3.05, 3.63) is 34.9 Å². The van der Waals surface area contributed by atoms with E-state index < -0.39 is 17.6 Å². The molecule has 2 aliphatic heterocycles. The van der Waals surface area contributed by atoms with Gasteiger partial charge < -0.3 is 10.2 Å². The number of rotatable bonds is 1. The Balaban J connectivity index is 0.00000144. The fourth-order valence-corrected chi connectivity index (χ4v) is 3.70. The first kappa shape index (κ1) is 15.6. The van der Waals surface area contributed by atoms with Gasteiger partial charge in [-0.05, 0) is 30.4 Å². The number of benzene rings is 1. The summed E-state index contributed by atoms with van der Waals surface area (Å²) in [6, 6.07) is 3.95. The average Bonchev–Trinajstić information content (AvgIpc) is 3.24. The average molecular weight is 333 g/mol. The summed E-state index contributed by atoms with van der Waals surface area (Å²) in [7, 11) is 0. The van der Waals surface area contributed by atoms with Crippen molar-refractivity contribution in [1.82, 2.24) is 10.2 Å². The minimum atomic E-state index is -4.49. The molecule has 22 heavy (non-hydrogen) atoms. The van der Waals surface area contributed by atoms with E-state index in [-0.39, 0.29) is 30.1 Å². The predicted molar refractivity (Wildman–Crippen MR) is 77.0 cm³/mol. The fraction of sp³-hybridized carbons (Fsp3) is 0.533. The van der Waals surface area contributed by atoms with Crippen LogP contribution in [0.3, 0.4) is 0 Å². The number of alkyl halides is 3. The highest BCUT2D eigenvalue weighted by Crippen LogP contribution is 2.48. The van der Waals surface area contributed by atoms with Crippen molar-refractivity contribution in [2.75, 3.05) is 13.1 Å². The van der Waals surface area contributed by atoms with E-state index in [2.05, 4.69) is 5.32 Å². The van der Waals surface area contributed by atoms with Gasteiger partial charge in [0.1, 0.15) is 0 Å². The Morgan fingerprint density at radius 1 is 1.23 bits per heavy atom. The Hall–Kier alpha value is -1.27. The Morgan fingerprint density at radius 2 is 1.95 bits per heavy atom. The van der Waals surface area contributed by atoms with Gasteiger partial charge in [0.05, 0.1) is 17.2 Å². The molecular weight excluding hydrogens is 317 g/mol. The molecule has 1 saturated carbocycles. The monoisotopic (exact) mass is 332 g/mol. The van der Waals surface area contributed by atoms with Crippen molar-refractivity contribution >= 4 is 18.3 Å². The third-order valence-electron chi connectivity index (χ3n) is 4.73. The first-order valence-corrected chi connectivity index (χ1v) is 7.23. The molecule has 0 aromatic heterocycles. The van der Waals surface area contributed by atoms with E-state index in [9.17, 15) is 18.0 Å². The predicted octanol–water partition coefficient (Wildman–Crippen LogP) is 3.01. The molecule has 0 spiro atoms. The minimum Gasteiger partial charge on any atom is -0.329 e. The topological polar surface area (TPSA) is 32.3 Å². The molecular formula is C15H16ClF3N2O. The van der Waals surface area contributed by atoms with Gasteiger partial charge in [-0.15, -0.1) is 12.4 Å². The highest BCUT2D eigenvalue weighted by atomic mass is 35.5. The van der Waals surface area contributed by atoms with Crippen LogP contribution in [0.15, 0.2) is 18.2 Å². The van der Waals surface area contributed by atoms with Crippen LogP contribution in [-0.2, 0) is 6.18 Å². The Labute approximate surface area is 132 Å². The number of nitrogens with one attached hydrogen (secondary N) is 1. The third kappa shape index (κ3) is 2.20. The molecule has 0 unspecified atom stereocenters. The van der Waals surface area contributed by atoms with E-state index >= 15 is 0 Å². The normalized spacial score (nSPS) is 27.2. The maximum atomic E-state index is 13.2. The molecule has 1 N–H and O–H groups in total. The van der Waals surface area contributed by atoms with Crippen molar-refractivity contribution < 1.29 is 18.0 Å². The maximum absolute atomic E-state index is 13.2. The van der Waals surface area contributed by atoms with Crippen LogP contribution in [-0.4, -0.2) is 29.9 Å². The summed E-state index contributed by atoms with van der Waals surface area (Å²) >= 11 is 0. The van der Waals surface area contributed by atoms with Gasteiger partial charge in [0, 0.05) is 19.1 Å². The molecule has 7 heteroatoms. The zero-order valence-corrected chi connectivity index (χ0v) is 12.5. The molecule has 4 rings (SSSR count). The molecule has 2 atom stereocenters. The standard InChI is InChI=1S/C15H15F3N2O.ClH/c16-15(17,18)10-3-1-2-9-11(10)14(21)20-7-6-19-12(13(9)20)8-4-5-8;/h1-3,8,12-13,19H,4-7H2;1H/t12-,13+;/m1./s1. The number of hydrogen-bond donors (Lipinski definition) is 1. The first-order valence-electron chi connectivity index (χ1n) is 7.23. The van der Waals surface area contributed by atoms with Crippen molar-refractivity contribution in [3.63, 3.8) is 0 Å². The van der Waals surface area contributed by atoms with Crippen LogP contribution in [0.5, 0.6) is 0 Å². The molecule has 1 aliphatic carbocycles. The lowest BCUT2D eigenvalue weighted by Gasteiger charge is -2.38. The highest BCUT2D eigenvalue weighted by Gasteiger charge is 2.51. The van der Waals surface area contributed by atoms with Crippen molar-refractivity contribution in [1.29, 1.82) is 0 Å². The smallest absolute Gasteiger partial charge is 0.329 e. The summed E-state index contributed by atoms with van der Waals surface area (Å²) < 4.78 is 39.5. The molecule has 1 saturated heterocycles. The lowest BCUT2D eigenvalue weighted by Crippen LogP contribution is -2.52. The lowest BCUT2D eigenvalue weighted by atomic mass is 9.92. The summed E-state index contributed by atoms with van der Waals surface area (Å²) in [4.78, 5) is 14.1. The summed E-state index contributed by atoms with van der Waals surface area (Å²) in [5.41, 5.74) is -0.391. The number of hydrogen-bond acceptors (Lipinski definition) is 2. The zero-order valence-electron chi connectivity index (χ0n) is 11.7. The van der Waals surface area contributed by atoms with Crippen LogP contribution < -0.4 is 5.32 Å². The highest BCUT2D eigenvalue weighted by molar-refractivity contribution is 6.01. The van der Waals surface area contributed by atoms with Gasteiger partial charge in [0.2, 0.25) is 0 Å². The van der Waals surface area contributed by atoms with Crippen molar-refractivity contribution in [2.24, 2.45) is 5.92 Å². The molecule has 3 nitrogen and oxygen atoms in total. The molecule has 1 aromatic carbocycles. The van der Waals surface area contributed by atoms with Gasteiger partial charge in [0.25, 0.3) is 5.91 Å². The summed E-state index contributed by atoms with van der Waals surface area (Å²) in [6.45, 7) is 1.12. The second kappa shape index (κ2) is 5.13. The minimum absolute atomic E-state index is 0. The number of amides is 1. The number of piperazine rings is 1. The van der Waals surface area contributed by atoms with Gasteiger partial charge >= 0.3 is 6.18 Å². The van der Waals surface area contributed by atoms with E-state index in [4.69, 9.17) is 0 Å². The van der Waals surface area contributed by atoms with Gasteiger partial charge in [-0.2, -0.15) is 13.2 Å². The summed E-state index contributed by atoms with van der Waals surface area (Å²) in [6.07, 6.45) is -2.31. The molecule has 3 aliphatic rings. The molecule has 2 fully saturated rings. The second-order valence-electron chi connectivity index (χ2n) is 6.03. The van der Waals surface area contributed by atoms with Gasteiger partial charge in [-0.3, -0.25) is 4.79 Å². The molecule has 0 bridgehead atoms. The van der Waals surface area contributed by atoms with E-state index in [1.54, 1.807) is 11.0 Å². The van der Waals surface area contributed by atoms with Crippen molar-refractivity contribution in [3.8, 4) is 0 Å². The van der Waals surface area contributed by atoms with Crippen LogP contribution in [0.1, 0.15) is 40.4 Å². The largest absolute Gasteiger partial charge is 0.417 e. The molecule has 2 heterocycles. The van der Waals surface area contributed by atoms with Crippen LogP contribution in [0.25, 0.3) is 0 Å². The Bertz CT molecular complexity index is 615. The zero-order chi connectivity index (χ0) is 14.8. The van der Waals surface area contributed by atoms with Crippen LogP contribution in [0.2, 0.25) is 0 Å². The van der Waals surface area contributed by atoms with E-state index in [1.807, 2.05) is 0 Å². The fourth-order valence-electron chi connectivity index (χ4n) is 3.70. The van der Waals surface area contributed by atoms with E-state index in [0.717, 1.165) is 18.9 Å². The molecule has 120 valence electrons. The number of fused-ring (bicyclic) bond motifs is 3. The number of nitrogens with zero attached hydrogens (tertiary/aromatic N) is 1. The van der Waals surface area contributed by atoms with Gasteiger partial charge in [-0.1, -0.05) is 12.1 Å². The second-order valence-corrected chi connectivity index (χ2v) is 6.03. The Kier molecular flexibility index (Phi) is 3.64. The Morgan fingerprint density at radius 3 is 2.59 bits per heavy atom. The third-order valence-corrected chi connectivity index (χ3v) is 4.73. The number of carbonyl (C=O) groups excluding carboxylic acids is 1. The van der Waals surface area contributed by atoms with Crippen LogP contribution in [0, 0.1) is 5.92 Å². The molecule has 1 amide bonds. The van der Waals surface area contributed by atoms with Crippen molar-refractivity contribution in [2.45, 2.75) is 31.1 Å². The van der Waals surface area contributed by atoms with Gasteiger partial charge in [0.15, 0.2) is 0 Å². The maximum Gasteiger partial charge on any atom is 0.417 e. The summed E-state index contributed by atoms with van der Waals surface area (Å²) in [5.74, 6) is 0.0150. The number of halogens is 4. The summed E-state index contributed by atoms with van der Waals surface area (Å²) in [5, 5.41) is 3.40. The van der Waals surface area contributed by atoms with E-state index in [1.165, 1.54) is 6.07 Å². The van der Waals surface area contributed by atoms with Crippen LogP contribution in [0.4, 0.5) is 13.2 Å². The van der Waals surface area contributed by atoms with Gasteiger partial charge in [-0.25, -0.2) is 0 Å². The number of carbonyl (C=O) groups is 1. The quantitative estimate of drug-likeness (QED) is 0.857. The lowest BCUT2D eigenvalue weighted by molar-refractivity contribution is -0.137. The molecule has 0 radical (unpaired) electrons. The first-order chi connectivity index (χ1) is 9.98. The van der Waals surface area contributed by atoms with Crippen LogP contribution >= 0.6 is 12.4 Å².